The van der Waals surface area contributed by atoms with Crippen molar-refractivity contribution in [3.63, 3.8) is 0 Å². The average molecular weight is 628 g/mol. The predicted molar refractivity (Wildman–Crippen MR) is 162 cm³/mol. The van der Waals surface area contributed by atoms with Crippen molar-refractivity contribution >= 4 is 11.9 Å². The highest BCUT2D eigenvalue weighted by molar-refractivity contribution is 5.79. The lowest BCUT2D eigenvalue weighted by Gasteiger charge is -2.16. The lowest BCUT2D eigenvalue weighted by Crippen LogP contribution is -2.34. The Morgan fingerprint density at radius 1 is 0.773 bits per heavy atom. The third-order valence-corrected chi connectivity index (χ3v) is 5.98. The molecule has 2 aromatic rings. The summed E-state index contributed by atoms with van der Waals surface area (Å²) in [6, 6.07) is 8.31. The summed E-state index contributed by atoms with van der Waals surface area (Å²) < 4.78 is 9.96. The molecule has 0 heterocycles. The summed E-state index contributed by atoms with van der Waals surface area (Å²) in [4.78, 5) is 23.9. The Morgan fingerprint density at radius 3 is 1.73 bits per heavy atom. The molecule has 0 radical (unpaired) electrons. The van der Waals surface area contributed by atoms with Gasteiger partial charge in [-0.3, -0.25) is 9.59 Å². The molecular formula is C31H49NO12. The Morgan fingerprint density at radius 2 is 1.27 bits per heavy atom. The summed E-state index contributed by atoms with van der Waals surface area (Å²) in [6.45, 7) is 5.82. The van der Waals surface area contributed by atoms with E-state index in [0.717, 1.165) is 0 Å². The van der Waals surface area contributed by atoms with E-state index in [1.807, 2.05) is 13.8 Å². The van der Waals surface area contributed by atoms with Crippen LogP contribution in [0, 0.1) is 11.8 Å². The van der Waals surface area contributed by atoms with Crippen molar-refractivity contribution in [1.29, 1.82) is 0 Å². The molecule has 0 saturated carbocycles. The van der Waals surface area contributed by atoms with Crippen molar-refractivity contribution in [2.45, 2.75) is 52.6 Å². The molecular weight excluding hydrogens is 578 g/mol. The van der Waals surface area contributed by atoms with E-state index in [-0.39, 0.29) is 87.6 Å². The van der Waals surface area contributed by atoms with Gasteiger partial charge in [0.25, 0.3) is 0 Å². The number of aliphatic hydroxyl groups excluding tert-OH is 4. The topological polar surface area (TPSA) is 226 Å². The maximum absolute atomic E-state index is 12.1. The SMILES string of the molecule is CC.CC(O)COC(=O)C(CCO)Cc1ccc(O)cc1O.O=C(NCCOCCO)C(CCO)Cc1ccc(O)cc1O. The van der Waals surface area contributed by atoms with E-state index in [0.29, 0.717) is 24.3 Å². The van der Waals surface area contributed by atoms with Crippen LogP contribution in [0.1, 0.15) is 44.7 Å². The molecule has 0 fully saturated rings. The predicted octanol–water partition coefficient (Wildman–Crippen LogP) is 1.35. The van der Waals surface area contributed by atoms with Crippen molar-refractivity contribution in [3.8, 4) is 23.0 Å². The summed E-state index contributed by atoms with van der Waals surface area (Å²) in [5.41, 5.74) is 1.01. The molecule has 0 aromatic heterocycles. The van der Waals surface area contributed by atoms with Crippen LogP contribution in [0.15, 0.2) is 36.4 Å². The van der Waals surface area contributed by atoms with Gasteiger partial charge in [0.1, 0.15) is 29.6 Å². The number of hydrogen-bond donors (Lipinski definition) is 9. The van der Waals surface area contributed by atoms with Gasteiger partial charge in [0, 0.05) is 37.8 Å². The van der Waals surface area contributed by atoms with Gasteiger partial charge in [-0.05, 0) is 55.9 Å². The number of esters is 1. The number of carbonyl (C=O) groups excluding carboxylic acids is 2. The fraction of sp³-hybridized carbons (Fsp3) is 0.548. The number of aromatic hydroxyl groups is 4. The second-order valence-corrected chi connectivity index (χ2v) is 9.56. The van der Waals surface area contributed by atoms with Crippen LogP contribution in [-0.4, -0.2) is 105 Å². The highest BCUT2D eigenvalue weighted by atomic mass is 16.5. The zero-order valence-corrected chi connectivity index (χ0v) is 25.7. The van der Waals surface area contributed by atoms with Gasteiger partial charge in [-0.15, -0.1) is 0 Å². The van der Waals surface area contributed by atoms with Crippen molar-refractivity contribution in [2.24, 2.45) is 11.8 Å². The van der Waals surface area contributed by atoms with E-state index in [4.69, 9.17) is 29.9 Å². The molecule has 9 N–H and O–H groups in total. The molecule has 13 nitrogen and oxygen atoms in total. The largest absolute Gasteiger partial charge is 0.508 e. The van der Waals surface area contributed by atoms with Gasteiger partial charge in [0.2, 0.25) is 5.91 Å². The van der Waals surface area contributed by atoms with E-state index in [1.165, 1.54) is 37.3 Å². The number of carbonyl (C=O) groups is 2. The zero-order chi connectivity index (χ0) is 33.5. The minimum atomic E-state index is -0.754. The zero-order valence-electron chi connectivity index (χ0n) is 25.7. The minimum Gasteiger partial charge on any atom is -0.508 e. The summed E-state index contributed by atoms with van der Waals surface area (Å²) >= 11 is 0. The molecule has 13 heteroatoms. The second-order valence-electron chi connectivity index (χ2n) is 9.56. The molecule has 0 spiro atoms. The van der Waals surface area contributed by atoms with Crippen LogP contribution in [0.2, 0.25) is 0 Å². The van der Waals surface area contributed by atoms with Gasteiger partial charge in [0.15, 0.2) is 0 Å². The highest BCUT2D eigenvalue weighted by Gasteiger charge is 2.22. The standard InChI is InChI=1S/C15H23NO6.C14H20O6.C2H6/c17-5-3-12(15(21)16-4-7-22-8-6-18)9-11-1-2-13(19)10-14(11)20;1-9(16)8-20-14(19)11(4-5-15)6-10-2-3-12(17)7-13(10)18;1-2/h1-2,10,12,17-20H,3-9H2,(H,16,21);2-3,7,9,11,15-18H,4-6,8H2,1H3;1-2H3. The van der Waals surface area contributed by atoms with E-state index in [2.05, 4.69) is 5.32 Å². The molecule has 0 aliphatic carbocycles. The van der Waals surface area contributed by atoms with E-state index >= 15 is 0 Å². The Labute approximate surface area is 258 Å². The number of rotatable bonds is 17. The summed E-state index contributed by atoms with van der Waals surface area (Å²) in [5.74, 6) is -2.20. The van der Waals surface area contributed by atoms with Gasteiger partial charge in [-0.1, -0.05) is 26.0 Å². The molecule has 0 aliphatic rings. The molecule has 250 valence electrons. The van der Waals surface area contributed by atoms with Gasteiger partial charge < -0.3 is 55.6 Å². The number of hydrogen-bond acceptors (Lipinski definition) is 12. The number of ether oxygens (including phenoxy) is 2. The summed E-state index contributed by atoms with van der Waals surface area (Å²) in [6.07, 6.45) is 0.153. The Balaban J connectivity index is 0.000000799. The maximum Gasteiger partial charge on any atom is 0.309 e. The lowest BCUT2D eigenvalue weighted by atomic mass is 9.95. The molecule has 3 atom stereocenters. The highest BCUT2D eigenvalue weighted by Crippen LogP contribution is 2.27. The van der Waals surface area contributed by atoms with E-state index < -0.39 is 23.9 Å². The quantitative estimate of drug-likeness (QED) is 0.0895. The van der Waals surface area contributed by atoms with Gasteiger partial charge in [-0.2, -0.15) is 0 Å². The first-order valence-electron chi connectivity index (χ1n) is 14.6. The van der Waals surface area contributed by atoms with Crippen molar-refractivity contribution in [3.05, 3.63) is 47.5 Å². The number of nitrogens with one attached hydrogen (secondary N) is 1. The molecule has 2 aromatic carbocycles. The number of amides is 1. The number of benzene rings is 2. The van der Waals surface area contributed by atoms with Crippen LogP contribution in [-0.2, 0) is 31.9 Å². The van der Waals surface area contributed by atoms with E-state index in [1.54, 1.807) is 6.07 Å². The second kappa shape index (κ2) is 23.8. The molecule has 0 aliphatic heterocycles. The summed E-state index contributed by atoms with van der Waals surface area (Å²) in [5, 5.41) is 76.3. The van der Waals surface area contributed by atoms with Crippen molar-refractivity contribution in [2.75, 3.05) is 46.2 Å². The molecule has 1 amide bonds. The number of aliphatic hydroxyl groups is 4. The Hall–Kier alpha value is -3.62. The van der Waals surface area contributed by atoms with Gasteiger partial charge in [0.05, 0.1) is 31.8 Å². The Kier molecular flexibility index (Phi) is 21.8. The van der Waals surface area contributed by atoms with Crippen molar-refractivity contribution in [1.82, 2.24) is 5.32 Å². The maximum atomic E-state index is 12.1. The smallest absolute Gasteiger partial charge is 0.309 e. The Bertz CT molecular complexity index is 1080. The molecule has 44 heavy (non-hydrogen) atoms. The van der Waals surface area contributed by atoms with Gasteiger partial charge in [-0.25, -0.2) is 0 Å². The third-order valence-electron chi connectivity index (χ3n) is 5.98. The third kappa shape index (κ3) is 16.9. The van der Waals surface area contributed by atoms with Crippen LogP contribution in [0.5, 0.6) is 23.0 Å². The van der Waals surface area contributed by atoms with Crippen LogP contribution in [0.25, 0.3) is 0 Å². The normalized spacial score (nSPS) is 12.4. The first kappa shape index (κ1) is 40.4. The van der Waals surface area contributed by atoms with Crippen LogP contribution in [0.4, 0.5) is 0 Å². The molecule has 0 bridgehead atoms. The number of phenols is 4. The monoisotopic (exact) mass is 627 g/mol. The lowest BCUT2D eigenvalue weighted by molar-refractivity contribution is -0.151. The number of phenolic OH excluding ortho intramolecular Hbond substituents is 4. The first-order chi connectivity index (χ1) is 21.0. The minimum absolute atomic E-state index is 0.0505. The van der Waals surface area contributed by atoms with Crippen molar-refractivity contribution < 1.29 is 59.9 Å². The van der Waals surface area contributed by atoms with Crippen LogP contribution >= 0.6 is 0 Å². The van der Waals surface area contributed by atoms with Crippen LogP contribution < -0.4 is 5.32 Å². The average Bonchev–Trinajstić information content (AvgIpc) is 2.99. The molecule has 3 unspecified atom stereocenters. The molecule has 2 rings (SSSR count). The van der Waals surface area contributed by atoms with Crippen LogP contribution in [0.3, 0.4) is 0 Å². The fourth-order valence-electron chi connectivity index (χ4n) is 3.80. The fourth-order valence-corrected chi connectivity index (χ4v) is 3.80. The van der Waals surface area contributed by atoms with E-state index in [9.17, 15) is 30.0 Å². The molecule has 0 saturated heterocycles. The van der Waals surface area contributed by atoms with Gasteiger partial charge >= 0.3 is 5.97 Å². The summed E-state index contributed by atoms with van der Waals surface area (Å²) in [7, 11) is 0. The first-order valence-corrected chi connectivity index (χ1v) is 14.6.